The quantitative estimate of drug-likeness (QED) is 0.846. The summed E-state index contributed by atoms with van der Waals surface area (Å²) in [5.74, 6) is -0.193. The number of rotatable bonds is 5. The second-order valence-corrected chi connectivity index (χ2v) is 6.66. The normalized spacial score (nSPS) is 15.8. The lowest BCUT2D eigenvalue weighted by molar-refractivity contribution is -0.138. The predicted molar refractivity (Wildman–Crippen MR) is 101 cm³/mol. The zero-order valence-electron chi connectivity index (χ0n) is 15.1. The summed E-state index contributed by atoms with van der Waals surface area (Å²) >= 11 is 6.18. The number of carboxylic acid groups (broad SMARTS) is 1. The number of carboxylic acids is 1. The molecular weight excluding hydrogens is 370 g/mol. The van der Waals surface area contributed by atoms with E-state index in [1.54, 1.807) is 42.3 Å². The number of carbonyl (C=O) groups is 2. The average molecular weight is 390 g/mol. The Balaban J connectivity index is 2.06. The Labute approximate surface area is 162 Å². The number of nitrogens with zero attached hydrogens (tertiary/aromatic N) is 1. The number of halogens is 1. The monoisotopic (exact) mass is 389 g/mol. The van der Waals surface area contributed by atoms with Gasteiger partial charge in [-0.25, -0.2) is 0 Å². The first-order valence-corrected chi connectivity index (χ1v) is 8.86. The largest absolute Gasteiger partial charge is 0.493 e. The van der Waals surface area contributed by atoms with Crippen LogP contribution in [-0.2, 0) is 11.2 Å². The fraction of sp³-hybridized carbons (Fsp3) is 0.300. The van der Waals surface area contributed by atoms with E-state index >= 15 is 0 Å². The summed E-state index contributed by atoms with van der Waals surface area (Å²) in [7, 11) is 3.07. The van der Waals surface area contributed by atoms with Crippen LogP contribution in [0.3, 0.4) is 0 Å². The van der Waals surface area contributed by atoms with Crippen LogP contribution in [0.1, 0.15) is 33.9 Å². The van der Waals surface area contributed by atoms with Crippen LogP contribution < -0.4 is 9.47 Å². The van der Waals surface area contributed by atoms with Crippen molar-refractivity contribution in [2.45, 2.75) is 18.9 Å². The molecule has 27 heavy (non-hydrogen) atoms. The Morgan fingerprint density at radius 2 is 1.85 bits per heavy atom. The van der Waals surface area contributed by atoms with Crippen molar-refractivity contribution in [3.63, 3.8) is 0 Å². The first-order chi connectivity index (χ1) is 13.0. The topological polar surface area (TPSA) is 76.1 Å². The summed E-state index contributed by atoms with van der Waals surface area (Å²) in [6.45, 7) is 0.393. The van der Waals surface area contributed by atoms with E-state index < -0.39 is 12.0 Å². The van der Waals surface area contributed by atoms with E-state index in [2.05, 4.69) is 0 Å². The molecule has 1 aliphatic heterocycles. The van der Waals surface area contributed by atoms with Crippen molar-refractivity contribution < 1.29 is 24.2 Å². The molecule has 1 heterocycles. The number of fused-ring (bicyclic) bond motifs is 1. The van der Waals surface area contributed by atoms with Gasteiger partial charge in [0.15, 0.2) is 11.5 Å². The lowest BCUT2D eigenvalue weighted by Crippen LogP contribution is -2.41. The molecule has 1 unspecified atom stereocenters. The van der Waals surface area contributed by atoms with Gasteiger partial charge in [-0.2, -0.15) is 0 Å². The van der Waals surface area contributed by atoms with Gasteiger partial charge in [0.25, 0.3) is 5.91 Å². The van der Waals surface area contributed by atoms with Crippen molar-refractivity contribution in [3.05, 3.63) is 58.1 Å². The highest BCUT2D eigenvalue weighted by Gasteiger charge is 2.34. The van der Waals surface area contributed by atoms with Crippen LogP contribution in [-0.4, -0.2) is 42.6 Å². The number of ether oxygens (including phenoxy) is 2. The molecule has 6 nitrogen and oxygen atoms in total. The van der Waals surface area contributed by atoms with Crippen molar-refractivity contribution in [2.24, 2.45) is 0 Å². The van der Waals surface area contributed by atoms with Gasteiger partial charge in [0.05, 0.1) is 37.3 Å². The van der Waals surface area contributed by atoms with Crippen molar-refractivity contribution >= 4 is 23.5 Å². The predicted octanol–water partition coefficient (Wildman–Crippen LogP) is 3.57. The van der Waals surface area contributed by atoms with Gasteiger partial charge < -0.3 is 19.5 Å². The van der Waals surface area contributed by atoms with Gasteiger partial charge in [-0.1, -0.05) is 23.7 Å². The third-order valence-electron chi connectivity index (χ3n) is 4.74. The maximum absolute atomic E-state index is 13.1. The second-order valence-electron chi connectivity index (χ2n) is 6.25. The molecule has 0 aromatic heterocycles. The zero-order chi connectivity index (χ0) is 19.6. The number of carbonyl (C=O) groups excluding carboxylic acids is 1. The second kappa shape index (κ2) is 7.88. The van der Waals surface area contributed by atoms with Gasteiger partial charge in [-0.3, -0.25) is 9.59 Å². The van der Waals surface area contributed by atoms with Gasteiger partial charge >= 0.3 is 5.97 Å². The Morgan fingerprint density at radius 1 is 1.19 bits per heavy atom. The molecular formula is C20H20ClNO5. The number of hydrogen-bond acceptors (Lipinski definition) is 4. The molecule has 0 saturated heterocycles. The molecule has 1 N–H and O–H groups in total. The van der Waals surface area contributed by atoms with Crippen molar-refractivity contribution in [3.8, 4) is 11.5 Å². The molecule has 1 amide bonds. The van der Waals surface area contributed by atoms with Gasteiger partial charge in [-0.05, 0) is 41.8 Å². The van der Waals surface area contributed by atoms with Gasteiger partial charge in [0, 0.05) is 6.54 Å². The third kappa shape index (κ3) is 3.71. The molecule has 1 aliphatic rings. The van der Waals surface area contributed by atoms with Gasteiger partial charge in [-0.15, -0.1) is 0 Å². The summed E-state index contributed by atoms with van der Waals surface area (Å²) in [6.07, 6.45) is 0.376. The minimum Gasteiger partial charge on any atom is -0.493 e. The van der Waals surface area contributed by atoms with Crippen LogP contribution in [0, 0.1) is 0 Å². The third-order valence-corrected chi connectivity index (χ3v) is 5.07. The van der Waals surface area contributed by atoms with Crippen molar-refractivity contribution in [1.29, 1.82) is 0 Å². The van der Waals surface area contributed by atoms with Crippen LogP contribution in [0.2, 0.25) is 5.02 Å². The molecule has 3 rings (SSSR count). The summed E-state index contributed by atoms with van der Waals surface area (Å²) in [5.41, 5.74) is 2.06. The SMILES string of the molecule is COc1cc2c(cc1OC)C(CC(=O)O)N(C(=O)c1ccccc1Cl)CC2. The summed E-state index contributed by atoms with van der Waals surface area (Å²) in [5, 5.41) is 9.77. The Hall–Kier alpha value is -2.73. The highest BCUT2D eigenvalue weighted by molar-refractivity contribution is 6.33. The number of aliphatic carboxylic acids is 1. The highest BCUT2D eigenvalue weighted by atomic mass is 35.5. The molecule has 142 valence electrons. The molecule has 0 saturated carbocycles. The Bertz CT molecular complexity index is 883. The van der Waals surface area contributed by atoms with E-state index in [0.717, 1.165) is 11.1 Å². The van der Waals surface area contributed by atoms with Crippen LogP contribution in [0.25, 0.3) is 0 Å². The van der Waals surface area contributed by atoms with Crippen LogP contribution in [0.5, 0.6) is 11.5 Å². The molecule has 0 spiro atoms. The smallest absolute Gasteiger partial charge is 0.305 e. The highest BCUT2D eigenvalue weighted by Crippen LogP contribution is 2.40. The summed E-state index contributed by atoms with van der Waals surface area (Å²) in [4.78, 5) is 26.2. The molecule has 0 fully saturated rings. The fourth-order valence-electron chi connectivity index (χ4n) is 3.45. The summed E-state index contributed by atoms with van der Waals surface area (Å²) in [6, 6.07) is 9.76. The molecule has 2 aromatic carbocycles. The van der Waals surface area contributed by atoms with E-state index in [0.29, 0.717) is 35.1 Å². The average Bonchev–Trinajstić information content (AvgIpc) is 2.66. The van der Waals surface area contributed by atoms with Crippen molar-refractivity contribution in [1.82, 2.24) is 4.90 Å². The van der Waals surface area contributed by atoms with Crippen LogP contribution >= 0.6 is 11.6 Å². The van der Waals surface area contributed by atoms with Gasteiger partial charge in [0.1, 0.15) is 0 Å². The zero-order valence-corrected chi connectivity index (χ0v) is 15.8. The molecule has 1 atom stereocenters. The number of hydrogen-bond donors (Lipinski definition) is 1. The molecule has 7 heteroatoms. The number of methoxy groups -OCH3 is 2. The number of benzene rings is 2. The van der Waals surface area contributed by atoms with E-state index in [1.807, 2.05) is 6.07 Å². The van der Waals surface area contributed by atoms with E-state index in [4.69, 9.17) is 21.1 Å². The van der Waals surface area contributed by atoms with Crippen molar-refractivity contribution in [2.75, 3.05) is 20.8 Å². The minimum absolute atomic E-state index is 0.210. The Kier molecular flexibility index (Phi) is 5.56. The van der Waals surface area contributed by atoms with E-state index in [1.165, 1.54) is 7.11 Å². The Morgan fingerprint density at radius 3 is 2.48 bits per heavy atom. The van der Waals surface area contributed by atoms with E-state index in [9.17, 15) is 14.7 Å². The van der Waals surface area contributed by atoms with Crippen LogP contribution in [0.4, 0.5) is 0 Å². The molecule has 0 radical (unpaired) electrons. The maximum atomic E-state index is 13.1. The van der Waals surface area contributed by atoms with Crippen LogP contribution in [0.15, 0.2) is 36.4 Å². The molecule has 0 aliphatic carbocycles. The maximum Gasteiger partial charge on any atom is 0.305 e. The first-order valence-electron chi connectivity index (χ1n) is 8.48. The number of amides is 1. The molecule has 0 bridgehead atoms. The lowest BCUT2D eigenvalue weighted by atomic mass is 9.89. The summed E-state index contributed by atoms with van der Waals surface area (Å²) < 4.78 is 10.7. The van der Waals surface area contributed by atoms with Gasteiger partial charge in [0.2, 0.25) is 0 Å². The first kappa shape index (κ1) is 19.0. The van der Waals surface area contributed by atoms with E-state index in [-0.39, 0.29) is 12.3 Å². The lowest BCUT2D eigenvalue weighted by Gasteiger charge is -2.37. The minimum atomic E-state index is -0.986. The fourth-order valence-corrected chi connectivity index (χ4v) is 3.66. The molecule has 2 aromatic rings. The standard InChI is InChI=1S/C20H20ClNO5/c1-26-17-9-12-7-8-22(20(25)13-5-3-4-6-15(13)21)16(11-19(23)24)14(12)10-18(17)27-2/h3-6,9-10,16H,7-8,11H2,1-2H3,(H,23,24).